The van der Waals surface area contributed by atoms with Gasteiger partial charge in [0.15, 0.2) is 5.76 Å². The van der Waals surface area contributed by atoms with Crippen LogP contribution in [-0.2, 0) is 6.61 Å². The van der Waals surface area contributed by atoms with E-state index in [-0.39, 0.29) is 19.1 Å². The van der Waals surface area contributed by atoms with Crippen molar-refractivity contribution in [3.05, 3.63) is 65.3 Å². The fourth-order valence-electron chi connectivity index (χ4n) is 4.34. The number of rotatable bonds is 10. The molecular weight excluding hydrogens is 576 g/mol. The molecule has 212 valence electrons. The van der Waals surface area contributed by atoms with E-state index in [1.807, 2.05) is 42.6 Å². The summed E-state index contributed by atoms with van der Waals surface area (Å²) < 4.78 is 24.6. The summed E-state index contributed by atoms with van der Waals surface area (Å²) in [5.41, 5.74) is 3.42. The maximum absolute atomic E-state index is 12.6. The molecule has 0 atom stereocenters. The van der Waals surface area contributed by atoms with Crippen molar-refractivity contribution < 1.29 is 23.4 Å². The van der Waals surface area contributed by atoms with E-state index in [0.717, 1.165) is 21.7 Å². The fraction of sp³-hybridized carbons (Fsp3) is 0.207. The monoisotopic (exact) mass is 600 g/mol. The third-order valence-corrected chi connectivity index (χ3v) is 8.32. The SMILES string of the molecule is CCN(CC#N)C(=O)c1ccc(-c2nc(COc3cc(OC)cc4oc(-c5cn6nc(OC)sc6n5)cc34)cs2)cc1. The third-order valence-electron chi connectivity index (χ3n) is 6.50. The average Bonchev–Trinajstić information content (AvgIpc) is 3.81. The summed E-state index contributed by atoms with van der Waals surface area (Å²) >= 11 is 2.83. The maximum atomic E-state index is 12.6. The van der Waals surface area contributed by atoms with E-state index in [1.165, 1.54) is 27.6 Å². The Kier molecular flexibility index (Phi) is 7.47. The third kappa shape index (κ3) is 5.25. The van der Waals surface area contributed by atoms with Gasteiger partial charge < -0.3 is 23.5 Å². The van der Waals surface area contributed by atoms with E-state index in [2.05, 4.69) is 10.1 Å². The molecule has 0 spiro atoms. The molecule has 2 aromatic carbocycles. The molecule has 0 aliphatic carbocycles. The number of benzene rings is 2. The molecule has 11 nitrogen and oxygen atoms in total. The van der Waals surface area contributed by atoms with Crippen molar-refractivity contribution in [2.75, 3.05) is 27.3 Å². The molecule has 0 unspecified atom stereocenters. The Bertz CT molecular complexity index is 1900. The lowest BCUT2D eigenvalue weighted by atomic mass is 10.1. The number of ether oxygens (including phenoxy) is 3. The topological polar surface area (TPSA) is 128 Å². The molecule has 0 aliphatic rings. The number of imidazole rings is 1. The van der Waals surface area contributed by atoms with Crippen molar-refractivity contribution in [1.82, 2.24) is 24.5 Å². The number of carbonyl (C=O) groups is 1. The summed E-state index contributed by atoms with van der Waals surface area (Å²) in [5.74, 6) is 1.60. The minimum atomic E-state index is -0.171. The second kappa shape index (κ2) is 11.5. The van der Waals surface area contributed by atoms with Crippen LogP contribution in [-0.4, -0.2) is 57.7 Å². The second-order valence-corrected chi connectivity index (χ2v) is 10.8. The Labute approximate surface area is 248 Å². The predicted molar refractivity (Wildman–Crippen MR) is 158 cm³/mol. The van der Waals surface area contributed by atoms with Crippen LogP contribution in [0.4, 0.5) is 0 Å². The molecule has 6 aromatic rings. The normalized spacial score (nSPS) is 11.1. The molecule has 42 heavy (non-hydrogen) atoms. The van der Waals surface area contributed by atoms with Crippen molar-refractivity contribution in [2.24, 2.45) is 0 Å². The zero-order valence-corrected chi connectivity index (χ0v) is 24.5. The molecule has 1 amide bonds. The molecular formula is C29H24N6O5S2. The van der Waals surface area contributed by atoms with Gasteiger partial charge in [-0.2, -0.15) is 5.26 Å². The van der Waals surface area contributed by atoms with Crippen molar-refractivity contribution in [1.29, 1.82) is 5.26 Å². The van der Waals surface area contributed by atoms with Crippen LogP contribution >= 0.6 is 22.7 Å². The lowest BCUT2D eigenvalue weighted by Gasteiger charge is -2.17. The Balaban J connectivity index is 1.20. The number of fused-ring (bicyclic) bond motifs is 2. The summed E-state index contributed by atoms with van der Waals surface area (Å²) in [7, 11) is 3.16. The van der Waals surface area contributed by atoms with Crippen LogP contribution in [0.2, 0.25) is 0 Å². The molecule has 0 saturated carbocycles. The van der Waals surface area contributed by atoms with Crippen molar-refractivity contribution in [3.8, 4) is 44.8 Å². The van der Waals surface area contributed by atoms with Crippen LogP contribution in [0.5, 0.6) is 16.7 Å². The van der Waals surface area contributed by atoms with Gasteiger partial charge in [0.1, 0.15) is 40.9 Å². The number of furan rings is 1. The largest absolute Gasteiger partial charge is 0.496 e. The summed E-state index contributed by atoms with van der Waals surface area (Å²) in [6.45, 7) is 2.61. The summed E-state index contributed by atoms with van der Waals surface area (Å²) in [4.78, 5) is 24.2. The molecule has 0 N–H and O–H groups in total. The van der Waals surface area contributed by atoms with Gasteiger partial charge in [-0.05, 0) is 36.5 Å². The summed E-state index contributed by atoms with van der Waals surface area (Å²) in [6, 6.07) is 14.8. The van der Waals surface area contributed by atoms with Crippen molar-refractivity contribution >= 4 is 44.5 Å². The summed E-state index contributed by atoms with van der Waals surface area (Å²) in [6.07, 6.45) is 1.79. The van der Waals surface area contributed by atoms with E-state index in [9.17, 15) is 4.79 Å². The zero-order valence-electron chi connectivity index (χ0n) is 22.9. The Morgan fingerprint density at radius 1 is 1.14 bits per heavy atom. The quantitative estimate of drug-likeness (QED) is 0.176. The average molecular weight is 601 g/mol. The standard InChI is InChI=1S/C29H24N6O5S2/c1-4-34(10-9-30)27(36)18-7-5-17(6-8-18)26-31-19(16-41-26)15-39-23-11-20(37-2)12-24-21(23)13-25(40-24)22-14-35-28(32-22)42-29(33-35)38-3/h5-8,11-14,16H,4,10,15H2,1-3H3. The lowest BCUT2D eigenvalue weighted by molar-refractivity contribution is 0.0784. The number of methoxy groups -OCH3 is 2. The van der Waals surface area contributed by atoms with Gasteiger partial charge in [0, 0.05) is 35.2 Å². The van der Waals surface area contributed by atoms with Crippen LogP contribution in [0.25, 0.3) is 38.0 Å². The van der Waals surface area contributed by atoms with E-state index >= 15 is 0 Å². The molecule has 4 aromatic heterocycles. The first-order chi connectivity index (χ1) is 20.5. The van der Waals surface area contributed by atoms with Gasteiger partial charge in [-0.1, -0.05) is 12.1 Å². The number of carbonyl (C=O) groups excluding carboxylic acids is 1. The van der Waals surface area contributed by atoms with Crippen LogP contribution in [0, 0.1) is 11.3 Å². The first-order valence-electron chi connectivity index (χ1n) is 12.9. The van der Waals surface area contributed by atoms with Crippen LogP contribution < -0.4 is 14.2 Å². The zero-order chi connectivity index (χ0) is 29.2. The fourth-order valence-corrected chi connectivity index (χ4v) is 5.85. The van der Waals surface area contributed by atoms with E-state index in [0.29, 0.717) is 50.8 Å². The Morgan fingerprint density at radius 3 is 2.69 bits per heavy atom. The minimum absolute atomic E-state index is 0.0574. The van der Waals surface area contributed by atoms with Crippen LogP contribution in [0.3, 0.4) is 0 Å². The number of nitriles is 1. The van der Waals surface area contributed by atoms with E-state index in [4.69, 9.17) is 28.9 Å². The highest BCUT2D eigenvalue weighted by atomic mass is 32.1. The molecule has 0 fully saturated rings. The van der Waals surface area contributed by atoms with Crippen molar-refractivity contribution in [2.45, 2.75) is 13.5 Å². The second-order valence-electron chi connectivity index (χ2n) is 9.06. The number of aromatic nitrogens is 4. The Morgan fingerprint density at radius 2 is 1.98 bits per heavy atom. The molecule has 6 rings (SSSR count). The van der Waals surface area contributed by atoms with Gasteiger partial charge in [-0.25, -0.2) is 14.5 Å². The number of hydrogen-bond acceptors (Lipinski definition) is 11. The first-order valence-corrected chi connectivity index (χ1v) is 14.5. The van der Waals surface area contributed by atoms with Crippen LogP contribution in [0.1, 0.15) is 23.0 Å². The van der Waals surface area contributed by atoms with Gasteiger partial charge in [-0.15, -0.1) is 16.4 Å². The minimum Gasteiger partial charge on any atom is -0.496 e. The van der Waals surface area contributed by atoms with E-state index in [1.54, 1.807) is 43.1 Å². The number of thiazole rings is 1. The van der Waals surface area contributed by atoms with Gasteiger partial charge in [0.2, 0.25) is 4.96 Å². The molecule has 0 bridgehead atoms. The smallest absolute Gasteiger partial charge is 0.294 e. The highest BCUT2D eigenvalue weighted by Crippen LogP contribution is 2.38. The highest BCUT2D eigenvalue weighted by molar-refractivity contribution is 7.18. The summed E-state index contributed by atoms with van der Waals surface area (Å²) in [5, 5.41) is 17.3. The number of amides is 1. The van der Waals surface area contributed by atoms with Gasteiger partial charge >= 0.3 is 0 Å². The van der Waals surface area contributed by atoms with E-state index < -0.39 is 0 Å². The number of hydrogen-bond donors (Lipinski definition) is 0. The molecule has 13 heteroatoms. The molecule has 0 radical (unpaired) electrons. The predicted octanol–water partition coefficient (Wildman–Crippen LogP) is 5.91. The Hall–Kier alpha value is -4.93. The van der Waals surface area contributed by atoms with Gasteiger partial charge in [0.05, 0.1) is 37.6 Å². The molecule has 0 saturated heterocycles. The maximum Gasteiger partial charge on any atom is 0.294 e. The first kappa shape index (κ1) is 27.3. The molecule has 4 heterocycles. The van der Waals surface area contributed by atoms with Crippen molar-refractivity contribution in [3.63, 3.8) is 0 Å². The van der Waals surface area contributed by atoms with Gasteiger partial charge in [0.25, 0.3) is 11.1 Å². The highest BCUT2D eigenvalue weighted by Gasteiger charge is 2.18. The molecule has 0 aliphatic heterocycles. The van der Waals surface area contributed by atoms with Gasteiger partial charge in [-0.3, -0.25) is 4.79 Å². The lowest BCUT2D eigenvalue weighted by Crippen LogP contribution is -2.31. The van der Waals surface area contributed by atoms with Crippen LogP contribution in [0.15, 0.2) is 58.5 Å². The number of nitrogens with zero attached hydrogens (tertiary/aromatic N) is 6.